The van der Waals surface area contributed by atoms with Gasteiger partial charge in [-0.2, -0.15) is 5.10 Å². The fraction of sp³-hybridized carbons (Fsp3) is 0.143. The molecular formula is C14H12N4O. The van der Waals surface area contributed by atoms with Crippen molar-refractivity contribution >= 4 is 16.7 Å². The second-order valence-corrected chi connectivity index (χ2v) is 4.29. The molecule has 19 heavy (non-hydrogen) atoms. The molecule has 0 bridgehead atoms. The number of aryl methyl sites for hydroxylation is 1. The van der Waals surface area contributed by atoms with Gasteiger partial charge in [0, 0.05) is 12.4 Å². The van der Waals surface area contributed by atoms with Crippen LogP contribution in [-0.2, 0) is 13.5 Å². The third-order valence-electron chi connectivity index (χ3n) is 3.01. The maximum atomic E-state index is 12.2. The molecule has 1 aromatic carbocycles. The number of aromatic nitrogens is 4. The zero-order chi connectivity index (χ0) is 13.2. The van der Waals surface area contributed by atoms with E-state index in [1.807, 2.05) is 30.3 Å². The number of hydrogen-bond acceptors (Lipinski definition) is 4. The van der Waals surface area contributed by atoms with Gasteiger partial charge < -0.3 is 0 Å². The Hall–Kier alpha value is -2.56. The molecule has 0 atom stereocenters. The molecule has 5 nitrogen and oxygen atoms in total. The van der Waals surface area contributed by atoms with Gasteiger partial charge in [-0.25, -0.2) is 9.97 Å². The van der Waals surface area contributed by atoms with Crippen molar-refractivity contribution in [2.45, 2.75) is 6.42 Å². The zero-order valence-electron chi connectivity index (χ0n) is 10.4. The molecule has 0 radical (unpaired) electrons. The summed E-state index contributed by atoms with van der Waals surface area (Å²) in [6.45, 7) is 0. The van der Waals surface area contributed by atoms with E-state index in [1.165, 1.54) is 6.33 Å². The van der Waals surface area contributed by atoms with Gasteiger partial charge in [0.2, 0.25) is 0 Å². The third-order valence-corrected chi connectivity index (χ3v) is 3.01. The van der Waals surface area contributed by atoms with Gasteiger partial charge >= 0.3 is 0 Å². The van der Waals surface area contributed by atoms with Gasteiger partial charge in [-0.05, 0) is 12.1 Å². The molecule has 0 saturated heterocycles. The van der Waals surface area contributed by atoms with Crippen LogP contribution in [0.1, 0.15) is 16.3 Å². The highest BCUT2D eigenvalue weighted by Gasteiger charge is 2.12. The average molecular weight is 252 g/mol. The van der Waals surface area contributed by atoms with Gasteiger partial charge in [-0.1, -0.05) is 24.3 Å². The summed E-state index contributed by atoms with van der Waals surface area (Å²) in [5.41, 5.74) is 1.29. The topological polar surface area (TPSA) is 60.7 Å². The van der Waals surface area contributed by atoms with Crippen molar-refractivity contribution in [1.29, 1.82) is 0 Å². The van der Waals surface area contributed by atoms with E-state index in [4.69, 9.17) is 0 Å². The molecule has 5 heteroatoms. The molecule has 0 aliphatic carbocycles. The molecule has 0 amide bonds. The van der Waals surface area contributed by atoms with E-state index in [0.717, 1.165) is 10.9 Å². The SMILES string of the molecule is Cn1ncnc1CC(=O)c1ccc2ccccc2n1. The van der Waals surface area contributed by atoms with Crippen molar-refractivity contribution in [3.8, 4) is 0 Å². The number of hydrogen-bond donors (Lipinski definition) is 0. The molecule has 3 aromatic rings. The molecule has 2 aromatic heterocycles. The molecule has 3 rings (SSSR count). The lowest BCUT2D eigenvalue weighted by molar-refractivity contribution is 0.0985. The highest BCUT2D eigenvalue weighted by atomic mass is 16.1. The van der Waals surface area contributed by atoms with Crippen molar-refractivity contribution in [2.24, 2.45) is 7.05 Å². The van der Waals surface area contributed by atoms with Crippen LogP contribution >= 0.6 is 0 Å². The summed E-state index contributed by atoms with van der Waals surface area (Å²) in [6.07, 6.45) is 1.65. The lowest BCUT2D eigenvalue weighted by Gasteiger charge is -2.02. The van der Waals surface area contributed by atoms with Crippen molar-refractivity contribution in [2.75, 3.05) is 0 Å². The van der Waals surface area contributed by atoms with Gasteiger partial charge in [0.25, 0.3) is 0 Å². The number of ketones is 1. The number of benzene rings is 1. The summed E-state index contributed by atoms with van der Waals surface area (Å²) in [4.78, 5) is 20.6. The second kappa shape index (κ2) is 4.61. The predicted octanol–water partition coefficient (Wildman–Crippen LogP) is 1.79. The number of nitrogens with zero attached hydrogens (tertiary/aromatic N) is 4. The van der Waals surface area contributed by atoms with Crippen LogP contribution in [0.15, 0.2) is 42.7 Å². The smallest absolute Gasteiger partial charge is 0.188 e. The molecule has 0 unspecified atom stereocenters. The Bertz CT molecular complexity index is 748. The Labute approximate surface area is 109 Å². The monoisotopic (exact) mass is 252 g/mol. The van der Waals surface area contributed by atoms with Crippen LogP contribution in [0.25, 0.3) is 10.9 Å². The molecule has 0 spiro atoms. The third kappa shape index (κ3) is 2.22. The van der Waals surface area contributed by atoms with Crippen LogP contribution in [0.5, 0.6) is 0 Å². The van der Waals surface area contributed by atoms with Crippen LogP contribution in [-0.4, -0.2) is 25.5 Å². The summed E-state index contributed by atoms with van der Waals surface area (Å²) >= 11 is 0. The zero-order valence-corrected chi connectivity index (χ0v) is 10.4. The van der Waals surface area contributed by atoms with Crippen LogP contribution in [0.4, 0.5) is 0 Å². The molecule has 0 aliphatic heterocycles. The fourth-order valence-electron chi connectivity index (χ4n) is 1.94. The van der Waals surface area contributed by atoms with Crippen LogP contribution in [0.3, 0.4) is 0 Å². The van der Waals surface area contributed by atoms with Crippen LogP contribution < -0.4 is 0 Å². The first-order chi connectivity index (χ1) is 9.24. The van der Waals surface area contributed by atoms with E-state index in [9.17, 15) is 4.79 Å². The predicted molar refractivity (Wildman–Crippen MR) is 70.8 cm³/mol. The minimum absolute atomic E-state index is 0.0538. The summed E-state index contributed by atoms with van der Waals surface area (Å²) in [5, 5.41) is 4.97. The summed E-state index contributed by atoms with van der Waals surface area (Å²) in [6, 6.07) is 11.4. The van der Waals surface area contributed by atoms with Crippen LogP contribution in [0, 0.1) is 0 Å². The van der Waals surface area contributed by atoms with E-state index in [2.05, 4.69) is 15.1 Å². The van der Waals surface area contributed by atoms with Crippen molar-refractivity contribution in [3.63, 3.8) is 0 Å². The van der Waals surface area contributed by atoms with E-state index >= 15 is 0 Å². The van der Waals surface area contributed by atoms with Gasteiger partial charge in [-0.3, -0.25) is 9.48 Å². The van der Waals surface area contributed by atoms with Crippen molar-refractivity contribution in [1.82, 2.24) is 19.7 Å². The fourth-order valence-corrected chi connectivity index (χ4v) is 1.94. The van der Waals surface area contributed by atoms with Crippen molar-refractivity contribution in [3.05, 3.63) is 54.2 Å². The largest absolute Gasteiger partial charge is 0.292 e. The minimum Gasteiger partial charge on any atom is -0.292 e. The number of carbonyl (C=O) groups excluding carboxylic acids is 1. The Kier molecular flexibility index (Phi) is 2.79. The van der Waals surface area contributed by atoms with E-state index in [0.29, 0.717) is 11.5 Å². The number of carbonyl (C=O) groups is 1. The number of fused-ring (bicyclic) bond motifs is 1. The first-order valence-electron chi connectivity index (χ1n) is 5.96. The van der Waals surface area contributed by atoms with E-state index in [1.54, 1.807) is 17.8 Å². The summed E-state index contributed by atoms with van der Waals surface area (Å²) < 4.78 is 1.60. The van der Waals surface area contributed by atoms with Crippen molar-refractivity contribution < 1.29 is 4.79 Å². The molecular weight excluding hydrogens is 240 g/mol. The molecule has 0 aliphatic rings. The highest BCUT2D eigenvalue weighted by Crippen LogP contribution is 2.13. The van der Waals surface area contributed by atoms with E-state index in [-0.39, 0.29) is 12.2 Å². The maximum absolute atomic E-state index is 12.2. The number of rotatable bonds is 3. The Balaban J connectivity index is 1.91. The molecule has 0 saturated carbocycles. The molecule has 0 N–H and O–H groups in total. The summed E-state index contributed by atoms with van der Waals surface area (Å²) in [5.74, 6) is 0.585. The normalized spacial score (nSPS) is 10.8. The number of Topliss-reactive ketones (excluding diaryl/α,β-unsaturated/α-hetero) is 1. The average Bonchev–Trinajstić information content (AvgIpc) is 2.84. The Morgan fingerprint density at radius 2 is 2.05 bits per heavy atom. The van der Waals surface area contributed by atoms with Gasteiger partial charge in [0.1, 0.15) is 17.8 Å². The quantitative estimate of drug-likeness (QED) is 0.667. The molecule has 2 heterocycles. The second-order valence-electron chi connectivity index (χ2n) is 4.29. The Morgan fingerprint density at radius 3 is 2.84 bits per heavy atom. The number of pyridine rings is 1. The molecule has 0 fully saturated rings. The lowest BCUT2D eigenvalue weighted by atomic mass is 10.1. The van der Waals surface area contributed by atoms with Crippen LogP contribution in [0.2, 0.25) is 0 Å². The van der Waals surface area contributed by atoms with Gasteiger partial charge in [-0.15, -0.1) is 0 Å². The summed E-state index contributed by atoms with van der Waals surface area (Å²) in [7, 11) is 1.77. The standard InChI is InChI=1S/C14H12N4O/c1-18-14(15-9-16-18)8-13(19)12-7-6-10-4-2-3-5-11(10)17-12/h2-7,9H,8H2,1H3. The first kappa shape index (κ1) is 11.5. The van der Waals surface area contributed by atoms with E-state index < -0.39 is 0 Å². The number of para-hydroxylation sites is 1. The van der Waals surface area contributed by atoms with Gasteiger partial charge in [0.15, 0.2) is 5.78 Å². The molecule has 94 valence electrons. The lowest BCUT2D eigenvalue weighted by Crippen LogP contribution is -2.10. The first-order valence-corrected chi connectivity index (χ1v) is 5.96. The minimum atomic E-state index is -0.0538. The maximum Gasteiger partial charge on any atom is 0.188 e. The highest BCUT2D eigenvalue weighted by molar-refractivity contribution is 5.97. The Morgan fingerprint density at radius 1 is 1.21 bits per heavy atom. The van der Waals surface area contributed by atoms with Gasteiger partial charge in [0.05, 0.1) is 11.9 Å².